The topological polar surface area (TPSA) is 51.0 Å². The van der Waals surface area contributed by atoms with Gasteiger partial charge in [-0.2, -0.15) is 4.98 Å². The maximum Gasteiger partial charge on any atom is 0.226 e. The second-order valence-corrected chi connectivity index (χ2v) is 4.67. The zero-order valence-corrected chi connectivity index (χ0v) is 10.2. The van der Waals surface area contributed by atoms with Crippen LogP contribution < -0.4 is 5.32 Å². The van der Waals surface area contributed by atoms with Crippen LogP contribution in [-0.2, 0) is 6.42 Å². The van der Waals surface area contributed by atoms with Crippen LogP contribution in [0.3, 0.4) is 0 Å². The summed E-state index contributed by atoms with van der Waals surface area (Å²) in [5.74, 6) is 2.30. The number of nitrogens with zero attached hydrogens (tertiary/aromatic N) is 2. The molecule has 16 heavy (non-hydrogen) atoms. The van der Waals surface area contributed by atoms with Crippen LogP contribution in [0.5, 0.6) is 0 Å². The molecule has 90 valence electrons. The lowest BCUT2D eigenvalue weighted by molar-refractivity contribution is 0.342. The Kier molecular flexibility index (Phi) is 3.93. The van der Waals surface area contributed by atoms with Gasteiger partial charge in [-0.1, -0.05) is 18.5 Å². The molecule has 2 rings (SSSR count). The molecule has 1 aromatic rings. The highest BCUT2D eigenvalue weighted by Crippen LogP contribution is 2.34. The van der Waals surface area contributed by atoms with Crippen LogP contribution in [0.2, 0.25) is 0 Å². The third kappa shape index (κ3) is 2.82. The number of aryl methyl sites for hydroxylation is 1. The van der Waals surface area contributed by atoms with E-state index in [-0.39, 0.29) is 0 Å². The van der Waals surface area contributed by atoms with Gasteiger partial charge >= 0.3 is 0 Å². The van der Waals surface area contributed by atoms with Gasteiger partial charge in [-0.05, 0) is 32.7 Å². The minimum atomic E-state index is 0.518. The summed E-state index contributed by atoms with van der Waals surface area (Å²) in [5, 5.41) is 7.43. The van der Waals surface area contributed by atoms with E-state index in [9.17, 15) is 0 Å². The van der Waals surface area contributed by atoms with Gasteiger partial charge in [0.2, 0.25) is 5.89 Å². The fourth-order valence-corrected chi connectivity index (χ4v) is 1.99. The number of hydrogen-bond acceptors (Lipinski definition) is 4. The lowest BCUT2D eigenvalue weighted by Crippen LogP contribution is -2.25. The smallest absolute Gasteiger partial charge is 0.226 e. The summed E-state index contributed by atoms with van der Waals surface area (Å²) in [7, 11) is 0. The van der Waals surface area contributed by atoms with E-state index in [2.05, 4.69) is 29.3 Å². The van der Waals surface area contributed by atoms with E-state index < -0.39 is 0 Å². The van der Waals surface area contributed by atoms with Crippen LogP contribution in [0, 0.1) is 0 Å². The van der Waals surface area contributed by atoms with E-state index in [4.69, 9.17) is 4.52 Å². The Balaban J connectivity index is 1.78. The highest BCUT2D eigenvalue weighted by molar-refractivity contribution is 4.99. The van der Waals surface area contributed by atoms with Gasteiger partial charge in [0.25, 0.3) is 0 Å². The van der Waals surface area contributed by atoms with Crippen LogP contribution >= 0.6 is 0 Å². The van der Waals surface area contributed by atoms with Gasteiger partial charge in [0.05, 0.1) is 0 Å². The molecule has 1 unspecified atom stereocenters. The molecule has 0 amide bonds. The van der Waals surface area contributed by atoms with Gasteiger partial charge in [-0.3, -0.25) is 0 Å². The summed E-state index contributed by atoms with van der Waals surface area (Å²) in [5.41, 5.74) is 0. The Bertz CT molecular complexity index is 320. The highest BCUT2D eigenvalue weighted by atomic mass is 16.5. The van der Waals surface area contributed by atoms with Crippen molar-refractivity contribution in [1.29, 1.82) is 0 Å². The first kappa shape index (κ1) is 11.6. The van der Waals surface area contributed by atoms with Crippen molar-refractivity contribution in [3.63, 3.8) is 0 Å². The van der Waals surface area contributed by atoms with Crippen LogP contribution in [-0.4, -0.2) is 22.7 Å². The molecule has 1 N–H and O–H groups in total. The summed E-state index contributed by atoms with van der Waals surface area (Å²) >= 11 is 0. The average Bonchev–Trinajstić information content (AvgIpc) is 2.61. The third-order valence-electron chi connectivity index (χ3n) is 3.30. The third-order valence-corrected chi connectivity index (χ3v) is 3.30. The maximum absolute atomic E-state index is 5.26. The van der Waals surface area contributed by atoms with Crippen molar-refractivity contribution in [3.8, 4) is 0 Å². The van der Waals surface area contributed by atoms with Gasteiger partial charge in [-0.15, -0.1) is 0 Å². The normalized spacial score (nSPS) is 18.4. The maximum atomic E-state index is 5.26. The SMILES string of the molecule is CCNC(C)CCc1nc(C2CCC2)no1. The summed E-state index contributed by atoms with van der Waals surface area (Å²) in [4.78, 5) is 4.46. The van der Waals surface area contributed by atoms with Crippen molar-refractivity contribution >= 4 is 0 Å². The molecule has 0 aliphatic heterocycles. The fraction of sp³-hybridized carbons (Fsp3) is 0.833. The zero-order chi connectivity index (χ0) is 11.4. The van der Waals surface area contributed by atoms with Gasteiger partial charge in [0.1, 0.15) is 0 Å². The molecule has 1 heterocycles. The van der Waals surface area contributed by atoms with E-state index in [1.807, 2.05) is 0 Å². The summed E-state index contributed by atoms with van der Waals surface area (Å²) in [6.45, 7) is 5.32. The standard InChI is InChI=1S/C12H21N3O/c1-3-13-9(2)7-8-11-14-12(15-16-11)10-5-4-6-10/h9-10,13H,3-8H2,1-2H3. The van der Waals surface area contributed by atoms with Crippen LogP contribution in [0.1, 0.15) is 57.2 Å². The largest absolute Gasteiger partial charge is 0.339 e. The van der Waals surface area contributed by atoms with Gasteiger partial charge < -0.3 is 9.84 Å². The molecule has 0 spiro atoms. The monoisotopic (exact) mass is 223 g/mol. The molecule has 1 aliphatic rings. The Hall–Kier alpha value is -0.900. The minimum absolute atomic E-state index is 0.518. The predicted molar refractivity (Wildman–Crippen MR) is 62.3 cm³/mol. The van der Waals surface area contributed by atoms with Crippen molar-refractivity contribution in [2.75, 3.05) is 6.54 Å². The Morgan fingerprint density at radius 1 is 1.50 bits per heavy atom. The molecule has 1 saturated carbocycles. The molecular formula is C12H21N3O. The Morgan fingerprint density at radius 3 is 2.94 bits per heavy atom. The van der Waals surface area contributed by atoms with E-state index in [1.165, 1.54) is 19.3 Å². The van der Waals surface area contributed by atoms with Gasteiger partial charge in [0, 0.05) is 18.4 Å². The molecule has 1 fully saturated rings. The van der Waals surface area contributed by atoms with Crippen molar-refractivity contribution < 1.29 is 4.52 Å². The summed E-state index contributed by atoms with van der Waals surface area (Å²) in [6, 6.07) is 0.518. The summed E-state index contributed by atoms with van der Waals surface area (Å²) in [6.07, 6.45) is 5.71. The van der Waals surface area contributed by atoms with E-state index >= 15 is 0 Å². The second-order valence-electron chi connectivity index (χ2n) is 4.67. The Labute approximate surface area is 96.8 Å². The van der Waals surface area contributed by atoms with Crippen molar-refractivity contribution in [1.82, 2.24) is 15.5 Å². The number of nitrogens with one attached hydrogen (secondary N) is 1. The Morgan fingerprint density at radius 2 is 2.31 bits per heavy atom. The van der Waals surface area contributed by atoms with Crippen LogP contribution in [0.4, 0.5) is 0 Å². The van der Waals surface area contributed by atoms with E-state index in [0.717, 1.165) is 31.1 Å². The molecule has 0 bridgehead atoms. The summed E-state index contributed by atoms with van der Waals surface area (Å²) < 4.78 is 5.26. The minimum Gasteiger partial charge on any atom is -0.339 e. The van der Waals surface area contributed by atoms with Crippen molar-refractivity contribution in [3.05, 3.63) is 11.7 Å². The molecule has 4 heteroatoms. The van der Waals surface area contributed by atoms with E-state index in [1.54, 1.807) is 0 Å². The average molecular weight is 223 g/mol. The molecule has 4 nitrogen and oxygen atoms in total. The molecule has 1 aliphatic carbocycles. The highest BCUT2D eigenvalue weighted by Gasteiger charge is 2.24. The quantitative estimate of drug-likeness (QED) is 0.803. The predicted octanol–water partition coefficient (Wildman–Crippen LogP) is 2.27. The second kappa shape index (κ2) is 5.43. The first-order valence-electron chi connectivity index (χ1n) is 6.35. The van der Waals surface area contributed by atoms with Crippen molar-refractivity contribution in [2.24, 2.45) is 0 Å². The lowest BCUT2D eigenvalue weighted by atomic mass is 9.85. The number of hydrogen-bond donors (Lipinski definition) is 1. The van der Waals surface area contributed by atoms with E-state index in [0.29, 0.717) is 12.0 Å². The molecule has 0 aromatic carbocycles. The molecule has 0 radical (unpaired) electrons. The number of rotatable bonds is 6. The van der Waals surface area contributed by atoms with Crippen LogP contribution in [0.25, 0.3) is 0 Å². The van der Waals surface area contributed by atoms with Crippen molar-refractivity contribution in [2.45, 2.75) is 57.9 Å². The lowest BCUT2D eigenvalue weighted by Gasteiger charge is -2.20. The number of aromatic nitrogens is 2. The first-order valence-corrected chi connectivity index (χ1v) is 6.35. The fourth-order valence-electron chi connectivity index (χ4n) is 1.99. The van der Waals surface area contributed by atoms with Gasteiger partial charge in [0.15, 0.2) is 5.82 Å². The molecule has 1 atom stereocenters. The zero-order valence-electron chi connectivity index (χ0n) is 10.2. The van der Waals surface area contributed by atoms with Crippen LogP contribution in [0.15, 0.2) is 4.52 Å². The molecule has 1 aromatic heterocycles. The first-order chi connectivity index (χ1) is 7.79. The van der Waals surface area contributed by atoms with Gasteiger partial charge in [-0.25, -0.2) is 0 Å². The molecular weight excluding hydrogens is 202 g/mol. The molecule has 0 saturated heterocycles.